The van der Waals surface area contributed by atoms with Crippen molar-refractivity contribution in [2.75, 3.05) is 13.2 Å². The molecule has 6 nitrogen and oxygen atoms in total. The van der Waals surface area contributed by atoms with E-state index in [1.807, 2.05) is 30.3 Å². The molecule has 2 saturated heterocycles. The lowest BCUT2D eigenvalue weighted by atomic mass is 10.0. The highest BCUT2D eigenvalue weighted by molar-refractivity contribution is 8.17. The smallest absolute Gasteiger partial charge is 0.332 e. The van der Waals surface area contributed by atoms with Crippen molar-refractivity contribution in [3.8, 4) is 0 Å². The molecular weight excluding hydrogens is 328 g/mol. The van der Waals surface area contributed by atoms with Gasteiger partial charge in [-0.2, -0.15) is 0 Å². The molecule has 7 heteroatoms. The summed E-state index contributed by atoms with van der Waals surface area (Å²) in [5.74, 6) is -0.468. The Morgan fingerprint density at radius 2 is 2.12 bits per heavy atom. The van der Waals surface area contributed by atoms with Crippen LogP contribution in [0.1, 0.15) is 20.3 Å². The number of hydrogen-bond acceptors (Lipinski definition) is 6. The normalized spacial score (nSPS) is 28.0. The summed E-state index contributed by atoms with van der Waals surface area (Å²) >= 11 is 1.13. The molecule has 0 radical (unpaired) electrons. The lowest BCUT2D eigenvalue weighted by Crippen LogP contribution is -2.40. The number of hydrogen-bond donors (Lipinski definition) is 1. The van der Waals surface area contributed by atoms with Crippen molar-refractivity contribution >= 4 is 34.5 Å². The molecule has 2 aliphatic rings. The van der Waals surface area contributed by atoms with Crippen molar-refractivity contribution in [2.24, 2.45) is 10.9 Å². The van der Waals surface area contributed by atoms with Crippen molar-refractivity contribution in [1.29, 1.82) is 0 Å². The van der Waals surface area contributed by atoms with Crippen molar-refractivity contribution in [3.05, 3.63) is 30.3 Å². The van der Waals surface area contributed by atoms with Gasteiger partial charge in [0, 0.05) is 13.0 Å². The zero-order valence-electron chi connectivity index (χ0n) is 13.7. The van der Waals surface area contributed by atoms with Crippen molar-refractivity contribution in [1.82, 2.24) is 5.32 Å². The topological polar surface area (TPSA) is 77.0 Å². The molecular formula is C17H20N2O4S. The SMILES string of the molecule is CC(C)COC[C@@H]1C[C@]2(SC(=Nc3ccccc3)NC2=O)C(=O)O1. The van der Waals surface area contributed by atoms with Gasteiger partial charge in [-0.3, -0.25) is 4.79 Å². The summed E-state index contributed by atoms with van der Waals surface area (Å²) in [6.45, 7) is 5.01. The zero-order valence-corrected chi connectivity index (χ0v) is 14.5. The third kappa shape index (κ3) is 3.47. The molecule has 3 rings (SSSR count). The van der Waals surface area contributed by atoms with E-state index in [4.69, 9.17) is 9.47 Å². The van der Waals surface area contributed by atoms with Crippen LogP contribution >= 0.6 is 11.8 Å². The molecule has 0 aromatic heterocycles. The number of ether oxygens (including phenoxy) is 2. The Balaban J connectivity index is 1.68. The first-order chi connectivity index (χ1) is 11.5. The molecule has 1 spiro atoms. The molecule has 0 saturated carbocycles. The van der Waals surface area contributed by atoms with E-state index in [9.17, 15) is 9.59 Å². The van der Waals surface area contributed by atoms with Gasteiger partial charge in [-0.25, -0.2) is 9.79 Å². The van der Waals surface area contributed by atoms with E-state index in [1.54, 1.807) is 0 Å². The molecule has 2 fully saturated rings. The van der Waals surface area contributed by atoms with Crippen molar-refractivity contribution in [3.63, 3.8) is 0 Å². The van der Waals surface area contributed by atoms with Crippen LogP contribution in [-0.2, 0) is 19.1 Å². The molecule has 0 bridgehead atoms. The predicted octanol–water partition coefficient (Wildman–Crippen LogP) is 2.26. The van der Waals surface area contributed by atoms with Crippen LogP contribution in [0.15, 0.2) is 35.3 Å². The standard InChI is InChI=1S/C17H20N2O4S/c1-11(2)9-22-10-13-8-17(15(21)23-13)14(20)19-16(24-17)18-12-6-4-3-5-7-12/h3-7,11,13H,8-10H2,1-2H3,(H,18,19,20)/t13-,17+/m0/s1. The number of nitrogens with zero attached hydrogens (tertiary/aromatic N) is 1. The maximum absolute atomic E-state index is 12.4. The summed E-state index contributed by atoms with van der Waals surface area (Å²) < 4.78 is 9.65. The van der Waals surface area contributed by atoms with Crippen LogP contribution in [0, 0.1) is 5.92 Å². The second-order valence-corrected chi connectivity index (χ2v) is 7.59. The quantitative estimate of drug-likeness (QED) is 0.652. The zero-order chi connectivity index (χ0) is 17.2. The number of rotatable bonds is 5. The van der Waals surface area contributed by atoms with Gasteiger partial charge in [0.1, 0.15) is 6.10 Å². The van der Waals surface area contributed by atoms with E-state index in [-0.39, 0.29) is 5.91 Å². The van der Waals surface area contributed by atoms with Crippen LogP contribution in [0.5, 0.6) is 0 Å². The number of benzene rings is 1. The molecule has 0 aliphatic carbocycles. The predicted molar refractivity (Wildman–Crippen MR) is 92.2 cm³/mol. The number of nitrogens with one attached hydrogen (secondary N) is 1. The largest absolute Gasteiger partial charge is 0.458 e. The van der Waals surface area contributed by atoms with E-state index in [2.05, 4.69) is 24.2 Å². The first kappa shape index (κ1) is 17.0. The van der Waals surface area contributed by atoms with Crippen LogP contribution < -0.4 is 5.32 Å². The molecule has 2 aliphatic heterocycles. The van der Waals surface area contributed by atoms with Gasteiger partial charge in [-0.05, 0) is 18.1 Å². The van der Waals surface area contributed by atoms with E-state index in [0.29, 0.717) is 30.7 Å². The Labute approximate surface area is 145 Å². The monoisotopic (exact) mass is 348 g/mol. The minimum Gasteiger partial charge on any atom is -0.458 e. The van der Waals surface area contributed by atoms with Crippen molar-refractivity contribution < 1.29 is 19.1 Å². The summed E-state index contributed by atoms with van der Waals surface area (Å²) in [6.07, 6.45) is -0.0978. The fourth-order valence-electron chi connectivity index (χ4n) is 2.59. The molecule has 128 valence electrons. The van der Waals surface area contributed by atoms with Gasteiger partial charge < -0.3 is 14.8 Å². The van der Waals surface area contributed by atoms with E-state index < -0.39 is 16.8 Å². The van der Waals surface area contributed by atoms with Crippen LogP contribution in [-0.4, -0.2) is 41.1 Å². The van der Waals surface area contributed by atoms with Gasteiger partial charge in [0.25, 0.3) is 5.91 Å². The second-order valence-electron chi connectivity index (χ2n) is 6.30. The van der Waals surface area contributed by atoms with Crippen LogP contribution in [0.3, 0.4) is 0 Å². The Bertz CT molecular complexity index is 662. The number of esters is 1. The minimum absolute atomic E-state index is 0.300. The average molecular weight is 348 g/mol. The van der Waals surface area contributed by atoms with E-state index in [0.717, 1.165) is 17.4 Å². The number of amidine groups is 1. The molecule has 0 unspecified atom stereocenters. The summed E-state index contributed by atoms with van der Waals surface area (Å²) in [5, 5.41) is 3.12. The lowest BCUT2D eigenvalue weighted by Gasteiger charge is -2.12. The second kappa shape index (κ2) is 6.94. The molecule has 1 aromatic rings. The van der Waals surface area contributed by atoms with Crippen LogP contribution in [0.4, 0.5) is 5.69 Å². The van der Waals surface area contributed by atoms with Gasteiger partial charge >= 0.3 is 5.97 Å². The Kier molecular flexibility index (Phi) is 4.91. The average Bonchev–Trinajstić information content (AvgIpc) is 3.01. The Morgan fingerprint density at radius 3 is 2.83 bits per heavy atom. The lowest BCUT2D eigenvalue weighted by molar-refractivity contribution is -0.146. The molecule has 1 N–H and O–H groups in total. The highest BCUT2D eigenvalue weighted by Crippen LogP contribution is 2.43. The fourth-order valence-corrected chi connectivity index (χ4v) is 3.76. The number of thioether (sulfide) groups is 1. The summed E-state index contributed by atoms with van der Waals surface area (Å²) in [6, 6.07) is 9.28. The van der Waals surface area contributed by atoms with Gasteiger partial charge in [0.05, 0.1) is 12.3 Å². The van der Waals surface area contributed by atoms with Crippen molar-refractivity contribution in [2.45, 2.75) is 31.1 Å². The third-order valence-electron chi connectivity index (χ3n) is 3.72. The van der Waals surface area contributed by atoms with E-state index in [1.165, 1.54) is 0 Å². The Morgan fingerprint density at radius 1 is 1.38 bits per heavy atom. The maximum atomic E-state index is 12.4. The number of cyclic esters (lactones) is 1. The van der Waals surface area contributed by atoms with Crippen LogP contribution in [0.25, 0.3) is 0 Å². The first-order valence-electron chi connectivity index (χ1n) is 7.92. The maximum Gasteiger partial charge on any atom is 0.332 e. The molecule has 24 heavy (non-hydrogen) atoms. The molecule has 2 heterocycles. The molecule has 2 atom stereocenters. The summed E-state index contributed by atoms with van der Waals surface area (Å²) in [4.78, 5) is 29.1. The minimum atomic E-state index is -1.24. The van der Waals surface area contributed by atoms with Gasteiger partial charge in [-0.15, -0.1) is 0 Å². The fraction of sp³-hybridized carbons (Fsp3) is 0.471. The highest BCUT2D eigenvalue weighted by atomic mass is 32.2. The number of carbonyl (C=O) groups is 2. The van der Waals surface area contributed by atoms with Gasteiger partial charge in [0.2, 0.25) is 4.75 Å². The van der Waals surface area contributed by atoms with Gasteiger partial charge in [0.15, 0.2) is 5.17 Å². The van der Waals surface area contributed by atoms with Gasteiger partial charge in [-0.1, -0.05) is 43.8 Å². The molecule has 1 amide bonds. The molecule has 1 aromatic carbocycles. The van der Waals surface area contributed by atoms with E-state index >= 15 is 0 Å². The summed E-state index contributed by atoms with van der Waals surface area (Å²) in [7, 11) is 0. The number of aliphatic imine (C=N–C) groups is 1. The Hall–Kier alpha value is -1.86. The number of para-hydroxylation sites is 1. The number of carbonyl (C=O) groups excluding carboxylic acids is 2. The summed E-state index contributed by atoms with van der Waals surface area (Å²) in [5.41, 5.74) is 0.723. The number of amides is 1. The first-order valence-corrected chi connectivity index (χ1v) is 8.74. The van der Waals surface area contributed by atoms with Crippen LogP contribution in [0.2, 0.25) is 0 Å². The third-order valence-corrected chi connectivity index (χ3v) is 4.97. The highest BCUT2D eigenvalue weighted by Gasteiger charge is 2.60.